The third kappa shape index (κ3) is 4.14. The molecule has 1 aliphatic rings. The summed E-state index contributed by atoms with van der Waals surface area (Å²) in [6, 6.07) is 10.6. The van der Waals surface area contributed by atoms with E-state index >= 15 is 0 Å². The molecule has 1 aliphatic heterocycles. The van der Waals surface area contributed by atoms with Crippen molar-refractivity contribution in [1.29, 1.82) is 0 Å². The van der Waals surface area contributed by atoms with E-state index in [2.05, 4.69) is 26.6 Å². The molecule has 0 radical (unpaired) electrons. The first-order valence-corrected chi connectivity index (χ1v) is 10.6. The van der Waals surface area contributed by atoms with Crippen LogP contribution in [0.25, 0.3) is 16.6 Å². The zero-order valence-corrected chi connectivity index (χ0v) is 17.6. The zero-order valence-electron chi connectivity index (χ0n) is 16.8. The second-order valence-electron chi connectivity index (χ2n) is 7.42. The average Bonchev–Trinajstić information content (AvgIpc) is 3.28. The van der Waals surface area contributed by atoms with Gasteiger partial charge in [0.25, 0.3) is 0 Å². The number of benzene rings is 2. The number of halogens is 2. The molecule has 0 aliphatic carbocycles. The van der Waals surface area contributed by atoms with Crippen LogP contribution in [0.1, 0.15) is 0 Å². The Hall–Kier alpha value is -2.94. The number of aromatic nitrogens is 3. The van der Waals surface area contributed by atoms with Crippen molar-refractivity contribution >= 4 is 45.3 Å². The van der Waals surface area contributed by atoms with Crippen LogP contribution >= 0.6 is 11.6 Å². The Morgan fingerprint density at radius 1 is 1.13 bits per heavy atom. The van der Waals surface area contributed by atoms with Gasteiger partial charge in [-0.3, -0.25) is 9.30 Å². The molecule has 0 unspecified atom stereocenters. The number of ether oxygens (including phenoxy) is 1. The summed E-state index contributed by atoms with van der Waals surface area (Å²) in [6.45, 7) is 5.36. The van der Waals surface area contributed by atoms with E-state index in [0.717, 1.165) is 61.6 Å². The molecule has 0 saturated carbocycles. The molecule has 0 amide bonds. The lowest BCUT2D eigenvalue weighted by Crippen LogP contribution is -2.38. The van der Waals surface area contributed by atoms with E-state index in [1.807, 2.05) is 16.5 Å². The van der Waals surface area contributed by atoms with Crippen molar-refractivity contribution in [3.05, 3.63) is 59.8 Å². The standard InChI is InChI=1S/C22H22ClFN6O/c23-16-2-1-3-17(24)21(16)28-22-20-13-25-14-30(20)19-12-15(4-5-18(19)27-22)26-6-7-29-8-10-31-11-9-29/h1-5,12-14,26H,6-11H2,(H,27,28). The molecular weight excluding hydrogens is 419 g/mol. The molecule has 2 aromatic heterocycles. The van der Waals surface area contributed by atoms with Gasteiger partial charge >= 0.3 is 0 Å². The number of rotatable bonds is 6. The van der Waals surface area contributed by atoms with Gasteiger partial charge in [0.15, 0.2) is 5.82 Å². The Balaban J connectivity index is 1.41. The van der Waals surface area contributed by atoms with E-state index < -0.39 is 5.82 Å². The van der Waals surface area contributed by atoms with Crippen molar-refractivity contribution in [3.63, 3.8) is 0 Å². The highest BCUT2D eigenvalue weighted by Crippen LogP contribution is 2.31. The van der Waals surface area contributed by atoms with Crippen LogP contribution in [0.5, 0.6) is 0 Å². The summed E-state index contributed by atoms with van der Waals surface area (Å²) < 4.78 is 21.6. The molecule has 5 rings (SSSR count). The second-order valence-corrected chi connectivity index (χ2v) is 7.82. The van der Waals surface area contributed by atoms with E-state index in [-0.39, 0.29) is 5.69 Å². The number of imidazole rings is 1. The van der Waals surface area contributed by atoms with Gasteiger partial charge in [-0.15, -0.1) is 0 Å². The van der Waals surface area contributed by atoms with Crippen molar-refractivity contribution < 1.29 is 9.13 Å². The number of morpholine rings is 1. The molecule has 160 valence electrons. The maximum absolute atomic E-state index is 14.3. The van der Waals surface area contributed by atoms with E-state index in [1.54, 1.807) is 24.7 Å². The minimum atomic E-state index is -0.438. The molecule has 9 heteroatoms. The molecule has 1 fully saturated rings. The van der Waals surface area contributed by atoms with Gasteiger partial charge in [0.05, 0.1) is 47.5 Å². The highest BCUT2D eigenvalue weighted by Gasteiger charge is 2.14. The number of hydrogen-bond donors (Lipinski definition) is 2. The van der Waals surface area contributed by atoms with Crippen LogP contribution in [0.3, 0.4) is 0 Å². The minimum absolute atomic E-state index is 0.195. The van der Waals surface area contributed by atoms with Crippen molar-refractivity contribution in [2.24, 2.45) is 0 Å². The summed E-state index contributed by atoms with van der Waals surface area (Å²) in [5.74, 6) is 0.0527. The number of para-hydroxylation sites is 1. The van der Waals surface area contributed by atoms with E-state index in [0.29, 0.717) is 10.8 Å². The van der Waals surface area contributed by atoms with Crippen LogP contribution in [-0.4, -0.2) is 58.7 Å². The zero-order chi connectivity index (χ0) is 21.2. The van der Waals surface area contributed by atoms with Gasteiger partial charge in [-0.1, -0.05) is 17.7 Å². The minimum Gasteiger partial charge on any atom is -0.384 e. The van der Waals surface area contributed by atoms with Crippen molar-refractivity contribution in [1.82, 2.24) is 19.3 Å². The molecular formula is C22H22ClFN6O. The summed E-state index contributed by atoms with van der Waals surface area (Å²) in [7, 11) is 0. The number of fused-ring (bicyclic) bond motifs is 3. The van der Waals surface area contributed by atoms with Crippen molar-refractivity contribution in [3.8, 4) is 0 Å². The molecule has 2 N–H and O–H groups in total. The van der Waals surface area contributed by atoms with Crippen LogP contribution in [0.4, 0.5) is 21.6 Å². The normalized spacial score (nSPS) is 14.9. The lowest BCUT2D eigenvalue weighted by atomic mass is 10.2. The molecule has 7 nitrogen and oxygen atoms in total. The van der Waals surface area contributed by atoms with Crippen LogP contribution in [-0.2, 0) is 4.74 Å². The van der Waals surface area contributed by atoms with Crippen molar-refractivity contribution in [2.75, 3.05) is 50.0 Å². The van der Waals surface area contributed by atoms with E-state index in [1.165, 1.54) is 6.07 Å². The molecule has 1 saturated heterocycles. The number of hydrogen-bond acceptors (Lipinski definition) is 6. The van der Waals surface area contributed by atoms with Crippen LogP contribution < -0.4 is 10.6 Å². The number of nitrogens with zero attached hydrogens (tertiary/aromatic N) is 4. The summed E-state index contributed by atoms with van der Waals surface area (Å²) >= 11 is 6.18. The Morgan fingerprint density at radius 3 is 2.84 bits per heavy atom. The lowest BCUT2D eigenvalue weighted by Gasteiger charge is -2.26. The van der Waals surface area contributed by atoms with Crippen LogP contribution in [0.15, 0.2) is 48.9 Å². The molecule has 0 atom stereocenters. The van der Waals surface area contributed by atoms with E-state index in [9.17, 15) is 4.39 Å². The highest BCUT2D eigenvalue weighted by atomic mass is 35.5. The summed E-state index contributed by atoms with van der Waals surface area (Å²) in [5, 5.41) is 6.81. The first-order chi connectivity index (χ1) is 15.2. The monoisotopic (exact) mass is 440 g/mol. The Labute approximate surface area is 183 Å². The smallest absolute Gasteiger partial charge is 0.157 e. The predicted molar refractivity (Wildman–Crippen MR) is 121 cm³/mol. The molecule has 0 bridgehead atoms. The van der Waals surface area contributed by atoms with Gasteiger partial charge in [-0.25, -0.2) is 14.4 Å². The summed E-state index contributed by atoms with van der Waals surface area (Å²) in [6.07, 6.45) is 3.42. The summed E-state index contributed by atoms with van der Waals surface area (Å²) in [4.78, 5) is 11.4. The van der Waals surface area contributed by atoms with Crippen LogP contribution in [0, 0.1) is 5.82 Å². The third-order valence-electron chi connectivity index (χ3n) is 5.42. The molecule has 2 aromatic carbocycles. The highest BCUT2D eigenvalue weighted by molar-refractivity contribution is 6.33. The number of nitrogens with one attached hydrogen (secondary N) is 2. The van der Waals surface area contributed by atoms with Gasteiger partial charge in [-0.2, -0.15) is 0 Å². The molecule has 4 aromatic rings. The predicted octanol–water partition coefficient (Wildman–Crippen LogP) is 4.16. The first kappa shape index (κ1) is 20.0. The Bertz CT molecular complexity index is 1200. The van der Waals surface area contributed by atoms with Crippen molar-refractivity contribution in [2.45, 2.75) is 0 Å². The topological polar surface area (TPSA) is 66.7 Å². The third-order valence-corrected chi connectivity index (χ3v) is 5.73. The maximum Gasteiger partial charge on any atom is 0.157 e. The molecule has 31 heavy (non-hydrogen) atoms. The first-order valence-electron chi connectivity index (χ1n) is 10.2. The fourth-order valence-electron chi connectivity index (χ4n) is 3.77. The Kier molecular flexibility index (Phi) is 5.59. The molecule has 0 spiro atoms. The van der Waals surface area contributed by atoms with Gasteiger partial charge in [0, 0.05) is 31.9 Å². The lowest BCUT2D eigenvalue weighted by molar-refractivity contribution is 0.0398. The summed E-state index contributed by atoms with van der Waals surface area (Å²) in [5.41, 5.74) is 3.61. The maximum atomic E-state index is 14.3. The fraction of sp³-hybridized carbons (Fsp3) is 0.273. The van der Waals surface area contributed by atoms with Gasteiger partial charge in [-0.05, 0) is 30.3 Å². The second kappa shape index (κ2) is 8.66. The molecule has 3 heterocycles. The quantitative estimate of drug-likeness (QED) is 0.469. The fourth-order valence-corrected chi connectivity index (χ4v) is 3.98. The van der Waals surface area contributed by atoms with Gasteiger partial charge < -0.3 is 15.4 Å². The number of anilines is 3. The van der Waals surface area contributed by atoms with Gasteiger partial charge in [0.1, 0.15) is 11.3 Å². The van der Waals surface area contributed by atoms with Crippen LogP contribution in [0.2, 0.25) is 5.02 Å². The SMILES string of the molecule is Fc1cccc(Cl)c1Nc1nc2ccc(NCCN3CCOCC3)cc2n2cncc12. The Morgan fingerprint density at radius 2 is 2.00 bits per heavy atom. The largest absolute Gasteiger partial charge is 0.384 e. The average molecular weight is 441 g/mol. The van der Waals surface area contributed by atoms with E-state index in [4.69, 9.17) is 21.3 Å². The van der Waals surface area contributed by atoms with Gasteiger partial charge in [0.2, 0.25) is 0 Å².